The average Bonchev–Trinajstić information content (AvgIpc) is 2.79. The van der Waals surface area contributed by atoms with Crippen LogP contribution in [0.1, 0.15) is 6.92 Å². The maximum absolute atomic E-state index is 12.5. The van der Waals surface area contributed by atoms with Crippen molar-refractivity contribution in [2.45, 2.75) is 22.8 Å². The molecule has 2 rings (SSSR count). The van der Waals surface area contributed by atoms with E-state index in [1.54, 1.807) is 0 Å². The minimum absolute atomic E-state index is 0.0236. The Hall–Kier alpha value is -1.00. The lowest BCUT2D eigenvalue weighted by molar-refractivity contribution is 0.464. The summed E-state index contributed by atoms with van der Waals surface area (Å²) < 4.78 is 51.7. The molecule has 9 heteroatoms. The van der Waals surface area contributed by atoms with Gasteiger partial charge in [0, 0.05) is 19.1 Å². The van der Waals surface area contributed by atoms with Crippen molar-refractivity contribution < 1.29 is 16.8 Å². The van der Waals surface area contributed by atoms with Gasteiger partial charge in [0.05, 0.1) is 9.79 Å². The van der Waals surface area contributed by atoms with Gasteiger partial charge >= 0.3 is 0 Å². The molecule has 1 heterocycles. The molecule has 1 aliphatic heterocycles. The van der Waals surface area contributed by atoms with E-state index in [0.717, 1.165) is 0 Å². The van der Waals surface area contributed by atoms with E-state index >= 15 is 0 Å². The van der Waals surface area contributed by atoms with E-state index in [1.807, 2.05) is 6.92 Å². The molecule has 0 aliphatic carbocycles. The lowest BCUT2D eigenvalue weighted by atomic mass is 10.1. The van der Waals surface area contributed by atoms with Crippen LogP contribution in [0.5, 0.6) is 0 Å². The van der Waals surface area contributed by atoms with Gasteiger partial charge in [-0.2, -0.15) is 4.31 Å². The first kappa shape index (κ1) is 16.4. The number of nitrogens with one attached hydrogen (secondary N) is 1. The van der Waals surface area contributed by atoms with Gasteiger partial charge in [-0.3, -0.25) is 0 Å². The summed E-state index contributed by atoms with van der Waals surface area (Å²) in [5, 5.41) is 0. The van der Waals surface area contributed by atoms with Crippen LogP contribution in [0.3, 0.4) is 0 Å². The molecule has 2 unspecified atom stereocenters. The third kappa shape index (κ3) is 3.11. The Morgan fingerprint density at radius 3 is 2.05 bits per heavy atom. The topological polar surface area (TPSA) is 110 Å². The number of nitrogens with zero attached hydrogens (tertiary/aromatic N) is 1. The fourth-order valence-corrected chi connectivity index (χ4v) is 4.51. The molecular formula is C12H19N3O4S2. The van der Waals surface area contributed by atoms with Crippen LogP contribution in [0.2, 0.25) is 0 Å². The number of nitrogens with two attached hydrogens (primary N) is 1. The van der Waals surface area contributed by atoms with Gasteiger partial charge in [-0.25, -0.2) is 21.6 Å². The highest BCUT2D eigenvalue weighted by Gasteiger charge is 2.35. The molecule has 21 heavy (non-hydrogen) atoms. The number of hydrogen-bond donors (Lipinski definition) is 2. The van der Waals surface area contributed by atoms with E-state index < -0.39 is 20.0 Å². The third-order valence-corrected chi connectivity index (χ3v) is 6.95. The highest BCUT2D eigenvalue weighted by molar-refractivity contribution is 7.89. The van der Waals surface area contributed by atoms with E-state index in [0.29, 0.717) is 6.54 Å². The van der Waals surface area contributed by atoms with E-state index in [4.69, 9.17) is 5.73 Å². The summed E-state index contributed by atoms with van der Waals surface area (Å²) in [5.41, 5.74) is 5.85. The Morgan fingerprint density at radius 1 is 1.10 bits per heavy atom. The van der Waals surface area contributed by atoms with Gasteiger partial charge in [-0.05, 0) is 37.2 Å². The number of hydrogen-bond acceptors (Lipinski definition) is 5. The van der Waals surface area contributed by atoms with Crippen LogP contribution < -0.4 is 10.5 Å². The van der Waals surface area contributed by atoms with Gasteiger partial charge < -0.3 is 5.73 Å². The van der Waals surface area contributed by atoms with Gasteiger partial charge in [-0.1, -0.05) is 6.92 Å². The maximum Gasteiger partial charge on any atom is 0.243 e. The molecule has 1 aliphatic rings. The van der Waals surface area contributed by atoms with Crippen molar-refractivity contribution in [1.82, 2.24) is 9.03 Å². The highest BCUT2D eigenvalue weighted by atomic mass is 32.2. The third-order valence-electron chi connectivity index (χ3n) is 3.68. The van der Waals surface area contributed by atoms with Gasteiger partial charge in [-0.15, -0.1) is 0 Å². The molecule has 0 saturated carbocycles. The Kier molecular flexibility index (Phi) is 4.41. The Morgan fingerprint density at radius 2 is 1.62 bits per heavy atom. The van der Waals surface area contributed by atoms with E-state index in [9.17, 15) is 16.8 Å². The quantitative estimate of drug-likeness (QED) is 0.776. The molecule has 118 valence electrons. The van der Waals surface area contributed by atoms with Crippen LogP contribution in [-0.2, 0) is 20.0 Å². The summed E-state index contributed by atoms with van der Waals surface area (Å²) in [6.07, 6.45) is 0. The van der Waals surface area contributed by atoms with E-state index in [2.05, 4.69) is 4.72 Å². The summed E-state index contributed by atoms with van der Waals surface area (Å²) in [6.45, 7) is 2.56. The molecule has 0 radical (unpaired) electrons. The maximum atomic E-state index is 12.5. The number of sulfonamides is 2. The summed E-state index contributed by atoms with van der Waals surface area (Å²) in [6, 6.07) is 4.97. The van der Waals surface area contributed by atoms with Crippen LogP contribution in [0.4, 0.5) is 0 Å². The molecule has 7 nitrogen and oxygen atoms in total. The summed E-state index contributed by atoms with van der Waals surface area (Å²) in [5.74, 6) is 0.101. The van der Waals surface area contributed by atoms with Crippen molar-refractivity contribution in [2.24, 2.45) is 11.7 Å². The number of benzene rings is 1. The van der Waals surface area contributed by atoms with E-state index in [-0.39, 0.29) is 28.3 Å². The Labute approximate surface area is 125 Å². The Bertz CT molecular complexity index is 703. The molecule has 0 bridgehead atoms. The van der Waals surface area contributed by atoms with Gasteiger partial charge in [0.25, 0.3) is 0 Å². The zero-order chi connectivity index (χ0) is 15.8. The molecule has 0 spiro atoms. The minimum atomic E-state index is -3.64. The van der Waals surface area contributed by atoms with Crippen molar-refractivity contribution in [3.8, 4) is 0 Å². The van der Waals surface area contributed by atoms with Crippen molar-refractivity contribution in [1.29, 1.82) is 0 Å². The molecular weight excluding hydrogens is 314 g/mol. The predicted octanol–water partition coefficient (Wildman–Crippen LogP) is -0.438. The molecule has 0 aromatic heterocycles. The standard InChI is InChI=1S/C12H19N3O4S2/c1-9-7-15(8-12(9)13)21(18,19)11-5-3-10(4-6-11)20(16,17)14-2/h3-6,9,12,14H,7-8,13H2,1-2H3. The largest absolute Gasteiger partial charge is 0.326 e. The second-order valence-electron chi connectivity index (χ2n) is 5.14. The number of rotatable bonds is 4. The fourth-order valence-electron chi connectivity index (χ4n) is 2.20. The van der Waals surface area contributed by atoms with Gasteiger partial charge in [0.2, 0.25) is 20.0 Å². The second-order valence-corrected chi connectivity index (χ2v) is 8.97. The summed E-state index contributed by atoms with van der Waals surface area (Å²) >= 11 is 0. The van der Waals surface area contributed by atoms with Gasteiger partial charge in [0.1, 0.15) is 0 Å². The van der Waals surface area contributed by atoms with Crippen molar-refractivity contribution >= 4 is 20.0 Å². The van der Waals surface area contributed by atoms with Crippen molar-refractivity contribution in [3.63, 3.8) is 0 Å². The monoisotopic (exact) mass is 333 g/mol. The van der Waals surface area contributed by atoms with Crippen LogP contribution in [0.25, 0.3) is 0 Å². The Balaban J connectivity index is 2.30. The zero-order valence-corrected chi connectivity index (χ0v) is 13.5. The molecule has 2 atom stereocenters. The zero-order valence-electron chi connectivity index (χ0n) is 11.9. The molecule has 1 fully saturated rings. The minimum Gasteiger partial charge on any atom is -0.326 e. The van der Waals surface area contributed by atoms with Gasteiger partial charge in [0.15, 0.2) is 0 Å². The molecule has 1 aromatic carbocycles. The molecule has 0 amide bonds. The van der Waals surface area contributed by atoms with Crippen LogP contribution in [0.15, 0.2) is 34.1 Å². The fraction of sp³-hybridized carbons (Fsp3) is 0.500. The first-order chi connectivity index (χ1) is 9.68. The van der Waals surface area contributed by atoms with Crippen molar-refractivity contribution in [2.75, 3.05) is 20.1 Å². The SMILES string of the molecule is CNS(=O)(=O)c1ccc(S(=O)(=O)N2CC(C)C(N)C2)cc1. The van der Waals surface area contributed by atoms with Crippen molar-refractivity contribution in [3.05, 3.63) is 24.3 Å². The van der Waals surface area contributed by atoms with E-state index in [1.165, 1.54) is 35.6 Å². The summed E-state index contributed by atoms with van der Waals surface area (Å²) in [7, 11) is -5.91. The molecule has 3 N–H and O–H groups in total. The lowest BCUT2D eigenvalue weighted by Crippen LogP contribution is -2.32. The molecule has 1 aromatic rings. The van der Waals surface area contributed by atoms with Crippen LogP contribution in [-0.4, -0.2) is 47.3 Å². The average molecular weight is 333 g/mol. The van der Waals surface area contributed by atoms with Crippen LogP contribution >= 0.6 is 0 Å². The predicted molar refractivity (Wildman–Crippen MR) is 78.6 cm³/mol. The highest BCUT2D eigenvalue weighted by Crippen LogP contribution is 2.24. The lowest BCUT2D eigenvalue weighted by Gasteiger charge is -2.16. The second kappa shape index (κ2) is 5.65. The normalized spacial score (nSPS) is 24.3. The van der Waals surface area contributed by atoms with Crippen LogP contribution in [0, 0.1) is 5.92 Å². The smallest absolute Gasteiger partial charge is 0.243 e. The summed E-state index contributed by atoms with van der Waals surface area (Å²) in [4.78, 5) is 0.0919. The first-order valence-corrected chi connectivity index (χ1v) is 9.40. The molecule has 1 saturated heterocycles. The first-order valence-electron chi connectivity index (χ1n) is 6.48.